The third kappa shape index (κ3) is 8.16. The summed E-state index contributed by atoms with van der Waals surface area (Å²) >= 11 is 0. The van der Waals surface area contributed by atoms with Crippen LogP contribution in [0.2, 0.25) is 0 Å². The molecule has 4 aromatic rings. The van der Waals surface area contributed by atoms with E-state index in [1.54, 1.807) is 48.5 Å². The van der Waals surface area contributed by atoms with Crippen molar-refractivity contribution >= 4 is 54.6 Å². The first kappa shape index (κ1) is 29.3. The van der Waals surface area contributed by atoms with E-state index >= 15 is 0 Å². The van der Waals surface area contributed by atoms with Gasteiger partial charge in [0, 0.05) is 36.6 Å². The SMILES string of the molecule is CC(=O)Nc1ccc(S(=O)(=O)Nc2ccc(Cc3ccc(NS(=O)(=O)c4ccc(NC(C)=O)cc4)cc3)cc2)cc1. The molecule has 0 heterocycles. The minimum atomic E-state index is -3.81. The summed E-state index contributed by atoms with van der Waals surface area (Å²) in [5.41, 5.74) is 3.66. The van der Waals surface area contributed by atoms with E-state index in [1.165, 1.54) is 62.4 Å². The lowest BCUT2D eigenvalue weighted by Crippen LogP contribution is -2.13. The van der Waals surface area contributed by atoms with Gasteiger partial charge in [-0.2, -0.15) is 0 Å². The summed E-state index contributed by atoms with van der Waals surface area (Å²) in [6.07, 6.45) is 0.551. The number of hydrogen-bond donors (Lipinski definition) is 4. The van der Waals surface area contributed by atoms with Crippen LogP contribution in [0.1, 0.15) is 25.0 Å². The summed E-state index contributed by atoms with van der Waals surface area (Å²) in [6, 6.07) is 25.6. The third-order valence-corrected chi connectivity index (χ3v) is 8.58. The largest absolute Gasteiger partial charge is 0.326 e. The fourth-order valence-corrected chi connectivity index (χ4v) is 6.00. The second kappa shape index (κ2) is 12.2. The predicted molar refractivity (Wildman–Crippen MR) is 159 cm³/mol. The number of sulfonamides is 2. The number of anilines is 4. The molecule has 4 N–H and O–H groups in total. The zero-order valence-electron chi connectivity index (χ0n) is 22.2. The Hall–Kier alpha value is -4.68. The summed E-state index contributed by atoms with van der Waals surface area (Å²) in [6.45, 7) is 2.74. The molecule has 2 amide bonds. The van der Waals surface area contributed by atoms with Crippen LogP contribution >= 0.6 is 0 Å². The number of hydrogen-bond acceptors (Lipinski definition) is 6. The van der Waals surface area contributed by atoms with Gasteiger partial charge in [-0.25, -0.2) is 16.8 Å². The number of rotatable bonds is 10. The molecule has 10 nitrogen and oxygen atoms in total. The zero-order chi connectivity index (χ0) is 29.6. The van der Waals surface area contributed by atoms with Crippen molar-refractivity contribution in [3.8, 4) is 0 Å². The Balaban J connectivity index is 1.35. The lowest BCUT2D eigenvalue weighted by atomic mass is 10.0. The second-order valence-corrected chi connectivity index (χ2v) is 12.6. The monoisotopic (exact) mass is 592 g/mol. The number of carbonyl (C=O) groups excluding carboxylic acids is 2. The maximum Gasteiger partial charge on any atom is 0.261 e. The van der Waals surface area contributed by atoms with Gasteiger partial charge in [-0.15, -0.1) is 0 Å². The number of carbonyl (C=O) groups is 2. The van der Waals surface area contributed by atoms with Crippen LogP contribution in [-0.4, -0.2) is 28.6 Å². The smallest absolute Gasteiger partial charge is 0.261 e. The fourth-order valence-electron chi connectivity index (χ4n) is 3.89. The fraction of sp³-hybridized carbons (Fsp3) is 0.103. The molecule has 0 atom stereocenters. The first-order valence-electron chi connectivity index (χ1n) is 12.4. The topological polar surface area (TPSA) is 151 Å². The molecule has 4 rings (SSSR count). The van der Waals surface area contributed by atoms with E-state index in [0.717, 1.165) is 11.1 Å². The van der Waals surface area contributed by atoms with Gasteiger partial charge in [-0.05, 0) is 90.3 Å². The summed E-state index contributed by atoms with van der Waals surface area (Å²) in [5.74, 6) is -0.495. The molecule has 0 saturated heterocycles. The van der Waals surface area contributed by atoms with Gasteiger partial charge in [-0.3, -0.25) is 19.0 Å². The molecule has 12 heteroatoms. The normalized spacial score (nSPS) is 11.4. The summed E-state index contributed by atoms with van der Waals surface area (Å²) < 4.78 is 56.0. The molecule has 0 aliphatic carbocycles. The van der Waals surface area contributed by atoms with Gasteiger partial charge in [0.1, 0.15) is 0 Å². The van der Waals surface area contributed by atoms with Crippen LogP contribution in [0.15, 0.2) is 107 Å². The number of benzene rings is 4. The second-order valence-electron chi connectivity index (χ2n) is 9.19. The van der Waals surface area contributed by atoms with Crippen molar-refractivity contribution in [1.82, 2.24) is 0 Å². The van der Waals surface area contributed by atoms with Crippen molar-refractivity contribution in [2.45, 2.75) is 30.1 Å². The highest BCUT2D eigenvalue weighted by molar-refractivity contribution is 7.93. The van der Waals surface area contributed by atoms with Gasteiger partial charge in [0.15, 0.2) is 0 Å². The highest BCUT2D eigenvalue weighted by atomic mass is 32.2. The minimum Gasteiger partial charge on any atom is -0.326 e. The summed E-state index contributed by atoms with van der Waals surface area (Å²) in [4.78, 5) is 22.4. The zero-order valence-corrected chi connectivity index (χ0v) is 23.8. The summed E-state index contributed by atoms with van der Waals surface area (Å²) in [7, 11) is -7.63. The first-order chi connectivity index (χ1) is 19.4. The highest BCUT2D eigenvalue weighted by Crippen LogP contribution is 2.22. The summed E-state index contributed by atoms with van der Waals surface area (Å²) in [5, 5.41) is 5.18. The van der Waals surface area contributed by atoms with Crippen LogP contribution in [0.4, 0.5) is 22.7 Å². The molecule has 0 radical (unpaired) electrons. The Morgan fingerprint density at radius 2 is 0.780 bits per heavy atom. The van der Waals surface area contributed by atoms with Crippen molar-refractivity contribution in [1.29, 1.82) is 0 Å². The third-order valence-electron chi connectivity index (χ3n) is 5.79. The van der Waals surface area contributed by atoms with Gasteiger partial charge in [-0.1, -0.05) is 24.3 Å². The Morgan fingerprint density at radius 3 is 1.07 bits per heavy atom. The van der Waals surface area contributed by atoms with Crippen LogP contribution in [0.3, 0.4) is 0 Å². The van der Waals surface area contributed by atoms with Crippen molar-refractivity contribution in [3.05, 3.63) is 108 Å². The van der Waals surface area contributed by atoms with Crippen LogP contribution in [0.5, 0.6) is 0 Å². The van der Waals surface area contributed by atoms with Crippen molar-refractivity contribution in [2.75, 3.05) is 20.1 Å². The predicted octanol–water partition coefficient (Wildman–Crippen LogP) is 4.80. The van der Waals surface area contributed by atoms with Gasteiger partial charge in [0.05, 0.1) is 9.79 Å². The molecule has 0 aromatic heterocycles. The van der Waals surface area contributed by atoms with Crippen molar-refractivity contribution in [2.24, 2.45) is 0 Å². The minimum absolute atomic E-state index is 0.0633. The van der Waals surface area contributed by atoms with Crippen LogP contribution < -0.4 is 20.1 Å². The standard InChI is InChI=1S/C29H28N4O6S2/c1-20(34)30-24-11-15-28(16-12-24)40(36,37)32-26-7-3-22(4-8-26)19-23-5-9-27(10-6-23)33-41(38,39)29-17-13-25(14-18-29)31-21(2)35/h3-18,32-33H,19H2,1-2H3,(H,30,34)(H,31,35). The van der Waals surface area contributed by atoms with E-state index in [4.69, 9.17) is 0 Å². The molecule has 0 aliphatic rings. The molecule has 0 bridgehead atoms. The molecule has 0 spiro atoms. The van der Waals surface area contributed by atoms with E-state index in [1.807, 2.05) is 0 Å². The Morgan fingerprint density at radius 1 is 0.488 bits per heavy atom. The van der Waals surface area contributed by atoms with E-state index in [9.17, 15) is 26.4 Å². The molecule has 41 heavy (non-hydrogen) atoms. The van der Waals surface area contributed by atoms with Crippen molar-refractivity contribution in [3.63, 3.8) is 0 Å². The molecule has 0 unspecified atom stereocenters. The van der Waals surface area contributed by atoms with E-state index in [-0.39, 0.29) is 21.6 Å². The number of amides is 2. The van der Waals surface area contributed by atoms with E-state index in [0.29, 0.717) is 29.2 Å². The molecule has 0 aliphatic heterocycles. The molecule has 212 valence electrons. The van der Waals surface area contributed by atoms with Gasteiger partial charge in [0.25, 0.3) is 20.0 Å². The van der Waals surface area contributed by atoms with Crippen LogP contribution in [0.25, 0.3) is 0 Å². The maximum absolute atomic E-state index is 12.7. The maximum atomic E-state index is 12.7. The van der Waals surface area contributed by atoms with Crippen LogP contribution in [0, 0.1) is 0 Å². The van der Waals surface area contributed by atoms with Gasteiger partial charge >= 0.3 is 0 Å². The Bertz CT molecular complexity index is 1620. The lowest BCUT2D eigenvalue weighted by molar-refractivity contribution is -0.115. The Labute approximate surface area is 238 Å². The molecular formula is C29H28N4O6S2. The Kier molecular flexibility index (Phi) is 8.74. The molecule has 4 aromatic carbocycles. The van der Waals surface area contributed by atoms with Gasteiger partial charge < -0.3 is 10.6 Å². The lowest BCUT2D eigenvalue weighted by Gasteiger charge is -2.11. The highest BCUT2D eigenvalue weighted by Gasteiger charge is 2.16. The molecule has 0 fully saturated rings. The first-order valence-corrected chi connectivity index (χ1v) is 15.4. The average Bonchev–Trinajstić information content (AvgIpc) is 2.90. The van der Waals surface area contributed by atoms with Gasteiger partial charge in [0.2, 0.25) is 11.8 Å². The van der Waals surface area contributed by atoms with Crippen LogP contribution in [-0.2, 0) is 36.1 Å². The number of nitrogens with one attached hydrogen (secondary N) is 4. The van der Waals surface area contributed by atoms with E-state index < -0.39 is 20.0 Å². The molecule has 0 saturated carbocycles. The molecular weight excluding hydrogens is 564 g/mol. The van der Waals surface area contributed by atoms with E-state index in [2.05, 4.69) is 20.1 Å². The quantitative estimate of drug-likeness (QED) is 0.208. The average molecular weight is 593 g/mol. The van der Waals surface area contributed by atoms with Crippen molar-refractivity contribution < 1.29 is 26.4 Å².